The first-order valence-corrected chi connectivity index (χ1v) is 15.4. The molecule has 2 aromatic heterocycles. The summed E-state index contributed by atoms with van der Waals surface area (Å²) in [5.74, 6) is 1.79. The summed E-state index contributed by atoms with van der Waals surface area (Å²) in [6.45, 7) is 14.5. The molecule has 5 rings (SSSR count). The van der Waals surface area contributed by atoms with Gasteiger partial charge in [-0.05, 0) is 81.7 Å². The molecule has 2 saturated heterocycles. The van der Waals surface area contributed by atoms with E-state index < -0.39 is 0 Å². The van der Waals surface area contributed by atoms with Crippen LogP contribution in [0, 0.1) is 5.92 Å². The molecule has 1 aromatic carbocycles. The van der Waals surface area contributed by atoms with Gasteiger partial charge in [-0.1, -0.05) is 42.6 Å². The van der Waals surface area contributed by atoms with Crippen molar-refractivity contribution >= 4 is 29.0 Å². The van der Waals surface area contributed by atoms with E-state index in [0.29, 0.717) is 16.5 Å². The first-order chi connectivity index (χ1) is 19.9. The highest BCUT2D eigenvalue weighted by atomic mass is 35.5. The molecule has 3 aromatic rings. The predicted octanol–water partition coefficient (Wildman–Crippen LogP) is 6.51. The van der Waals surface area contributed by atoms with Crippen molar-refractivity contribution in [3.8, 4) is 11.3 Å². The van der Waals surface area contributed by atoms with Crippen molar-refractivity contribution in [2.45, 2.75) is 46.1 Å². The zero-order valence-corrected chi connectivity index (χ0v) is 26.1. The van der Waals surface area contributed by atoms with Gasteiger partial charge in [0.15, 0.2) is 0 Å². The molecule has 0 saturated carbocycles. The van der Waals surface area contributed by atoms with Gasteiger partial charge in [0.25, 0.3) is 0 Å². The second-order valence-corrected chi connectivity index (χ2v) is 11.7. The monoisotopic (exact) mass is 595 g/mol. The fourth-order valence-electron chi connectivity index (χ4n) is 5.44. The molecule has 0 amide bonds. The molecule has 0 spiro atoms. The zero-order chi connectivity index (χ0) is 29.2. The SMILES string of the molecule is C=CC.CCC1CCN(Cc2cc(Cc3cnc(N4CCN(NC)CC4)cn3)nc(-c3cc(Cl)cc(Cl)c3)c2)CC1. The molecule has 7 nitrogen and oxygen atoms in total. The molecule has 0 atom stereocenters. The summed E-state index contributed by atoms with van der Waals surface area (Å²) in [6.07, 6.45) is 9.98. The number of nitrogens with one attached hydrogen (secondary N) is 1. The number of halogens is 2. The van der Waals surface area contributed by atoms with Crippen LogP contribution < -0.4 is 10.3 Å². The summed E-state index contributed by atoms with van der Waals surface area (Å²) >= 11 is 12.7. The Bertz CT molecular complexity index is 1230. The summed E-state index contributed by atoms with van der Waals surface area (Å²) in [5, 5.41) is 3.44. The quantitative estimate of drug-likeness (QED) is 0.298. The van der Waals surface area contributed by atoms with Crippen LogP contribution in [0.25, 0.3) is 11.3 Å². The maximum absolute atomic E-state index is 6.34. The Morgan fingerprint density at radius 1 is 0.927 bits per heavy atom. The molecular formula is C32H43Cl2N7. The molecule has 0 bridgehead atoms. The summed E-state index contributed by atoms with van der Waals surface area (Å²) in [6, 6.07) is 10.0. The third-order valence-electron chi connectivity index (χ3n) is 7.76. The largest absolute Gasteiger partial charge is 0.353 e. The van der Waals surface area contributed by atoms with Gasteiger partial charge < -0.3 is 4.90 Å². The van der Waals surface area contributed by atoms with E-state index in [1.165, 1.54) is 24.8 Å². The van der Waals surface area contributed by atoms with E-state index in [0.717, 1.165) is 80.2 Å². The van der Waals surface area contributed by atoms with Crippen LogP contribution in [0.5, 0.6) is 0 Å². The summed E-state index contributed by atoms with van der Waals surface area (Å²) in [5.41, 5.74) is 8.17. The number of piperidine rings is 1. The molecule has 9 heteroatoms. The molecule has 0 radical (unpaired) electrons. The third kappa shape index (κ3) is 9.22. The number of hydrogen-bond acceptors (Lipinski definition) is 7. The molecule has 4 heterocycles. The number of hydrazine groups is 1. The van der Waals surface area contributed by atoms with E-state index in [2.05, 4.69) is 45.9 Å². The van der Waals surface area contributed by atoms with Crippen LogP contribution >= 0.6 is 23.2 Å². The normalized spacial score (nSPS) is 16.8. The van der Waals surface area contributed by atoms with Crippen molar-refractivity contribution < 1.29 is 0 Å². The van der Waals surface area contributed by atoms with Crippen LogP contribution in [-0.2, 0) is 13.0 Å². The molecule has 1 N–H and O–H groups in total. The van der Waals surface area contributed by atoms with E-state index in [1.807, 2.05) is 38.5 Å². The van der Waals surface area contributed by atoms with E-state index >= 15 is 0 Å². The van der Waals surface area contributed by atoms with E-state index in [9.17, 15) is 0 Å². The number of piperazine rings is 1. The number of allylic oxidation sites excluding steroid dienone is 1. The van der Waals surface area contributed by atoms with Crippen LogP contribution in [0.1, 0.15) is 50.1 Å². The molecule has 2 aliphatic heterocycles. The summed E-state index contributed by atoms with van der Waals surface area (Å²) in [7, 11) is 1.97. The van der Waals surface area contributed by atoms with Crippen LogP contribution in [0.2, 0.25) is 10.0 Å². The second kappa shape index (κ2) is 15.6. The van der Waals surface area contributed by atoms with Crippen molar-refractivity contribution in [3.05, 3.63) is 82.4 Å². The summed E-state index contributed by atoms with van der Waals surface area (Å²) in [4.78, 5) is 19.3. The number of benzene rings is 1. The minimum absolute atomic E-state index is 0.611. The smallest absolute Gasteiger partial charge is 0.147 e. The van der Waals surface area contributed by atoms with Crippen molar-refractivity contribution in [1.82, 2.24) is 30.3 Å². The topological polar surface area (TPSA) is 60.4 Å². The first kappa shape index (κ1) is 31.4. The lowest BCUT2D eigenvalue weighted by Gasteiger charge is -2.34. The number of nitrogens with zero attached hydrogens (tertiary/aromatic N) is 6. The fraction of sp³-hybridized carbons (Fsp3) is 0.469. The van der Waals surface area contributed by atoms with Crippen LogP contribution in [0.15, 0.2) is 55.4 Å². The molecule has 220 valence electrons. The van der Waals surface area contributed by atoms with Gasteiger partial charge in [0.2, 0.25) is 0 Å². The van der Waals surface area contributed by atoms with Crippen molar-refractivity contribution in [2.75, 3.05) is 51.2 Å². The van der Waals surface area contributed by atoms with E-state index in [4.69, 9.17) is 38.2 Å². The number of likely N-dealkylation sites (tertiary alicyclic amines) is 1. The third-order valence-corrected chi connectivity index (χ3v) is 8.20. The van der Waals surface area contributed by atoms with Crippen molar-refractivity contribution in [2.24, 2.45) is 5.92 Å². The molecule has 0 aliphatic carbocycles. The Labute approximate surface area is 255 Å². The highest BCUT2D eigenvalue weighted by Crippen LogP contribution is 2.29. The highest BCUT2D eigenvalue weighted by molar-refractivity contribution is 6.35. The fourth-order valence-corrected chi connectivity index (χ4v) is 5.97. The Kier molecular flexibility index (Phi) is 12.0. The number of pyridine rings is 1. The molecular weight excluding hydrogens is 553 g/mol. The van der Waals surface area contributed by atoms with Gasteiger partial charge in [-0.15, -0.1) is 6.58 Å². The number of aromatic nitrogens is 3. The Morgan fingerprint density at radius 3 is 2.20 bits per heavy atom. The predicted molar refractivity (Wildman–Crippen MR) is 172 cm³/mol. The maximum atomic E-state index is 6.34. The molecule has 2 fully saturated rings. The number of hydrogen-bond donors (Lipinski definition) is 1. The zero-order valence-electron chi connectivity index (χ0n) is 24.6. The van der Waals surface area contributed by atoms with Crippen LogP contribution in [-0.4, -0.2) is 71.2 Å². The summed E-state index contributed by atoms with van der Waals surface area (Å²) < 4.78 is 0. The van der Waals surface area contributed by atoms with Crippen molar-refractivity contribution in [1.29, 1.82) is 0 Å². The van der Waals surface area contributed by atoms with E-state index in [-0.39, 0.29) is 0 Å². The Morgan fingerprint density at radius 2 is 1.61 bits per heavy atom. The van der Waals surface area contributed by atoms with Gasteiger partial charge in [-0.25, -0.2) is 9.99 Å². The van der Waals surface area contributed by atoms with Gasteiger partial charge in [-0.3, -0.25) is 20.3 Å². The Hall–Kier alpha value is -2.55. The average Bonchev–Trinajstić information content (AvgIpc) is 2.98. The minimum atomic E-state index is 0.611. The molecule has 41 heavy (non-hydrogen) atoms. The van der Waals surface area contributed by atoms with Gasteiger partial charge >= 0.3 is 0 Å². The lowest BCUT2D eigenvalue weighted by molar-refractivity contribution is 0.175. The number of anilines is 1. The molecule has 2 aliphatic rings. The first-order valence-electron chi connectivity index (χ1n) is 14.6. The van der Waals surface area contributed by atoms with Gasteiger partial charge in [-0.2, -0.15) is 0 Å². The van der Waals surface area contributed by atoms with Crippen LogP contribution in [0.4, 0.5) is 5.82 Å². The van der Waals surface area contributed by atoms with Crippen LogP contribution in [0.3, 0.4) is 0 Å². The number of rotatable bonds is 8. The van der Waals surface area contributed by atoms with Crippen molar-refractivity contribution in [3.63, 3.8) is 0 Å². The lowest BCUT2D eigenvalue weighted by Crippen LogP contribution is -2.51. The highest BCUT2D eigenvalue weighted by Gasteiger charge is 2.20. The van der Waals surface area contributed by atoms with Gasteiger partial charge in [0.05, 0.1) is 23.8 Å². The van der Waals surface area contributed by atoms with E-state index in [1.54, 1.807) is 12.1 Å². The van der Waals surface area contributed by atoms with Gasteiger partial charge in [0, 0.05) is 60.4 Å². The Balaban J connectivity index is 0.00000124. The second-order valence-electron chi connectivity index (χ2n) is 10.8. The lowest BCUT2D eigenvalue weighted by atomic mass is 9.94. The standard InChI is InChI=1S/C29H37Cl2N7.C3H6/c1-3-21-4-6-36(7-5-21)20-22-12-26(35-28(13-22)23-14-24(30)16-25(31)15-23)17-27-18-34-29(19-33-27)37-8-10-38(32-2)11-9-37;1-3-2/h12-16,18-19,21,32H,3-11,17,20H2,1-2H3;3H,1H2,2H3. The maximum Gasteiger partial charge on any atom is 0.147 e. The molecule has 0 unspecified atom stereocenters. The minimum Gasteiger partial charge on any atom is -0.353 e. The average molecular weight is 597 g/mol. The van der Waals surface area contributed by atoms with Gasteiger partial charge in [0.1, 0.15) is 5.82 Å².